The average Bonchev–Trinajstić information content (AvgIpc) is 2.93. The minimum Gasteiger partial charge on any atom is -0.344 e. The third-order valence-corrected chi connectivity index (χ3v) is 3.73. The van der Waals surface area contributed by atoms with Crippen LogP contribution in [-0.4, -0.2) is 42.3 Å². The first-order chi connectivity index (χ1) is 9.54. The molecule has 1 saturated heterocycles. The number of likely N-dealkylation sites (tertiary alicyclic amines) is 1. The number of nitrogens with one attached hydrogen (secondary N) is 2. The van der Waals surface area contributed by atoms with Crippen molar-refractivity contribution in [1.29, 1.82) is 0 Å². The predicted octanol–water partition coefficient (Wildman–Crippen LogP) is 0.142. The molecule has 6 nitrogen and oxygen atoms in total. The van der Waals surface area contributed by atoms with E-state index in [-0.39, 0.29) is 17.7 Å². The Kier molecular flexibility index (Phi) is 2.93. The molecule has 2 aliphatic heterocycles. The molecule has 0 spiro atoms. The number of hydrogen-bond donors (Lipinski definition) is 2. The van der Waals surface area contributed by atoms with Crippen molar-refractivity contribution in [2.24, 2.45) is 0 Å². The molecule has 0 saturated carbocycles. The van der Waals surface area contributed by atoms with E-state index in [4.69, 9.17) is 0 Å². The Hall–Kier alpha value is -2.37. The highest BCUT2D eigenvalue weighted by atomic mass is 16.2. The molecular weight excluding hydrogens is 258 g/mol. The normalized spacial score (nSPS) is 20.9. The first-order valence-electron chi connectivity index (χ1n) is 6.53. The summed E-state index contributed by atoms with van der Waals surface area (Å²) in [5.41, 5.74) is 2.02. The van der Waals surface area contributed by atoms with Gasteiger partial charge in [-0.2, -0.15) is 0 Å². The van der Waals surface area contributed by atoms with Gasteiger partial charge in [-0.3, -0.25) is 14.4 Å². The van der Waals surface area contributed by atoms with Crippen LogP contribution in [0.2, 0.25) is 0 Å². The SMILES string of the molecule is CN1CCC(NC(=O)c2ccc3c(c2)NC(=O)C3)C1=O. The van der Waals surface area contributed by atoms with E-state index in [1.165, 1.54) is 0 Å². The molecule has 1 unspecified atom stereocenters. The van der Waals surface area contributed by atoms with E-state index in [0.29, 0.717) is 30.6 Å². The quantitative estimate of drug-likeness (QED) is 0.804. The van der Waals surface area contributed by atoms with Crippen molar-refractivity contribution in [2.75, 3.05) is 18.9 Å². The summed E-state index contributed by atoms with van der Waals surface area (Å²) in [5.74, 6) is -0.416. The highest BCUT2D eigenvalue weighted by Crippen LogP contribution is 2.24. The molecule has 104 valence electrons. The first kappa shape index (κ1) is 12.7. The lowest BCUT2D eigenvalue weighted by atomic mass is 10.1. The molecule has 0 aliphatic carbocycles. The molecule has 0 bridgehead atoms. The first-order valence-corrected chi connectivity index (χ1v) is 6.53. The maximum atomic E-state index is 12.1. The van der Waals surface area contributed by atoms with Crippen molar-refractivity contribution < 1.29 is 14.4 Å². The molecule has 0 radical (unpaired) electrons. The van der Waals surface area contributed by atoms with Crippen molar-refractivity contribution in [3.63, 3.8) is 0 Å². The molecular formula is C14H15N3O3. The van der Waals surface area contributed by atoms with Crippen LogP contribution in [-0.2, 0) is 16.0 Å². The van der Waals surface area contributed by atoms with Gasteiger partial charge in [0.25, 0.3) is 5.91 Å². The van der Waals surface area contributed by atoms with Gasteiger partial charge < -0.3 is 15.5 Å². The molecule has 3 rings (SSSR count). The van der Waals surface area contributed by atoms with Crippen LogP contribution in [0.3, 0.4) is 0 Å². The maximum absolute atomic E-state index is 12.1. The fraction of sp³-hybridized carbons (Fsp3) is 0.357. The lowest BCUT2D eigenvalue weighted by molar-refractivity contribution is -0.128. The number of nitrogens with zero attached hydrogens (tertiary/aromatic N) is 1. The van der Waals surface area contributed by atoms with Gasteiger partial charge in [-0.05, 0) is 24.1 Å². The number of carbonyl (C=O) groups is 3. The van der Waals surface area contributed by atoms with Crippen molar-refractivity contribution >= 4 is 23.4 Å². The maximum Gasteiger partial charge on any atom is 0.252 e. The van der Waals surface area contributed by atoms with Gasteiger partial charge >= 0.3 is 0 Å². The Balaban J connectivity index is 1.74. The summed E-state index contributed by atoms with van der Waals surface area (Å²) in [7, 11) is 1.72. The van der Waals surface area contributed by atoms with Crippen LogP contribution in [0.4, 0.5) is 5.69 Å². The third-order valence-electron chi connectivity index (χ3n) is 3.73. The molecule has 6 heteroatoms. The highest BCUT2D eigenvalue weighted by Gasteiger charge is 2.30. The van der Waals surface area contributed by atoms with Gasteiger partial charge in [0, 0.05) is 24.8 Å². The van der Waals surface area contributed by atoms with Crippen LogP contribution in [0, 0.1) is 0 Å². The Morgan fingerprint density at radius 1 is 1.40 bits per heavy atom. The van der Waals surface area contributed by atoms with Gasteiger partial charge in [0.05, 0.1) is 6.42 Å². The zero-order valence-corrected chi connectivity index (χ0v) is 11.1. The van der Waals surface area contributed by atoms with E-state index in [9.17, 15) is 14.4 Å². The molecule has 3 amide bonds. The topological polar surface area (TPSA) is 78.5 Å². The summed E-state index contributed by atoms with van der Waals surface area (Å²) in [4.78, 5) is 36.8. The van der Waals surface area contributed by atoms with E-state index in [1.54, 1.807) is 30.1 Å². The predicted molar refractivity (Wildman–Crippen MR) is 72.3 cm³/mol. The average molecular weight is 273 g/mol. The molecule has 0 aromatic heterocycles. The van der Waals surface area contributed by atoms with E-state index in [1.807, 2.05) is 0 Å². The minimum absolute atomic E-state index is 0.0622. The van der Waals surface area contributed by atoms with Crippen molar-refractivity contribution in [3.05, 3.63) is 29.3 Å². The largest absolute Gasteiger partial charge is 0.344 e. The minimum atomic E-state index is -0.449. The van der Waals surface area contributed by atoms with Gasteiger partial charge in [0.2, 0.25) is 11.8 Å². The molecule has 2 aliphatic rings. The summed E-state index contributed by atoms with van der Waals surface area (Å²) >= 11 is 0. The van der Waals surface area contributed by atoms with Crippen LogP contribution in [0.15, 0.2) is 18.2 Å². The number of carbonyl (C=O) groups excluding carboxylic acids is 3. The van der Waals surface area contributed by atoms with Crippen LogP contribution in [0.5, 0.6) is 0 Å². The molecule has 2 heterocycles. The van der Waals surface area contributed by atoms with Gasteiger partial charge in [-0.15, -0.1) is 0 Å². The number of benzene rings is 1. The zero-order chi connectivity index (χ0) is 14.3. The summed E-state index contributed by atoms with van der Waals surface area (Å²) in [6, 6.07) is 4.65. The van der Waals surface area contributed by atoms with Gasteiger partial charge in [0.15, 0.2) is 0 Å². The Morgan fingerprint density at radius 2 is 2.20 bits per heavy atom. The van der Waals surface area contributed by atoms with E-state index >= 15 is 0 Å². The second-order valence-corrected chi connectivity index (χ2v) is 5.17. The molecule has 1 aromatic carbocycles. The van der Waals surface area contributed by atoms with Crippen molar-refractivity contribution in [3.8, 4) is 0 Å². The van der Waals surface area contributed by atoms with E-state index in [2.05, 4.69) is 10.6 Å². The third kappa shape index (κ3) is 2.13. The van der Waals surface area contributed by atoms with Gasteiger partial charge in [-0.1, -0.05) is 6.07 Å². The lowest BCUT2D eigenvalue weighted by Gasteiger charge is -2.12. The number of rotatable bonds is 2. The Labute approximate surface area is 116 Å². The molecule has 20 heavy (non-hydrogen) atoms. The number of hydrogen-bond acceptors (Lipinski definition) is 3. The Morgan fingerprint density at radius 3 is 2.90 bits per heavy atom. The number of amides is 3. The molecule has 1 aromatic rings. The summed E-state index contributed by atoms with van der Waals surface area (Å²) < 4.78 is 0. The van der Waals surface area contributed by atoms with E-state index in [0.717, 1.165) is 5.56 Å². The van der Waals surface area contributed by atoms with Gasteiger partial charge in [-0.25, -0.2) is 0 Å². The van der Waals surface area contributed by atoms with E-state index < -0.39 is 6.04 Å². The second-order valence-electron chi connectivity index (χ2n) is 5.17. The fourth-order valence-electron chi connectivity index (χ4n) is 2.55. The molecule has 2 N–H and O–H groups in total. The number of anilines is 1. The smallest absolute Gasteiger partial charge is 0.252 e. The zero-order valence-electron chi connectivity index (χ0n) is 11.1. The van der Waals surface area contributed by atoms with Gasteiger partial charge in [0.1, 0.15) is 6.04 Å². The summed E-state index contributed by atoms with van der Waals surface area (Å²) in [5, 5.41) is 5.44. The standard InChI is InChI=1S/C14H15N3O3/c1-17-5-4-10(14(17)20)16-13(19)9-3-2-8-7-12(18)15-11(8)6-9/h2-3,6,10H,4-5,7H2,1H3,(H,15,18)(H,16,19). The summed E-state index contributed by atoms with van der Waals surface area (Å²) in [6.45, 7) is 0.657. The van der Waals surface area contributed by atoms with Crippen molar-refractivity contribution in [1.82, 2.24) is 10.2 Å². The molecule has 1 atom stereocenters. The van der Waals surface area contributed by atoms with Crippen molar-refractivity contribution in [2.45, 2.75) is 18.9 Å². The fourth-order valence-corrected chi connectivity index (χ4v) is 2.55. The van der Waals surface area contributed by atoms with Crippen LogP contribution < -0.4 is 10.6 Å². The van der Waals surface area contributed by atoms with Crippen LogP contribution >= 0.6 is 0 Å². The number of likely N-dealkylation sites (N-methyl/N-ethyl adjacent to an activating group) is 1. The monoisotopic (exact) mass is 273 g/mol. The molecule has 1 fully saturated rings. The van der Waals surface area contributed by atoms with Crippen LogP contribution in [0.25, 0.3) is 0 Å². The second kappa shape index (κ2) is 4.63. The highest BCUT2D eigenvalue weighted by molar-refractivity contribution is 6.03. The summed E-state index contributed by atoms with van der Waals surface area (Å²) in [6.07, 6.45) is 0.978. The van der Waals surface area contributed by atoms with Crippen LogP contribution in [0.1, 0.15) is 22.3 Å². The lowest BCUT2D eigenvalue weighted by Crippen LogP contribution is -2.40. The number of fused-ring (bicyclic) bond motifs is 1. The Bertz CT molecular complexity index is 612.